The van der Waals surface area contributed by atoms with Gasteiger partial charge in [0.2, 0.25) is 0 Å². The first-order chi connectivity index (χ1) is 10.4. The van der Waals surface area contributed by atoms with Crippen LogP contribution in [0, 0.1) is 5.41 Å². The number of nitrogens with zero attached hydrogens (tertiary/aromatic N) is 2. The molecule has 124 valence electrons. The van der Waals surface area contributed by atoms with Crippen molar-refractivity contribution in [2.24, 2.45) is 5.41 Å². The first kappa shape index (κ1) is 15.8. The van der Waals surface area contributed by atoms with Gasteiger partial charge in [0.25, 0.3) is 0 Å². The molecule has 2 aliphatic heterocycles. The second-order valence-corrected chi connectivity index (χ2v) is 6.41. The van der Waals surface area contributed by atoms with E-state index in [2.05, 4.69) is 14.9 Å². The lowest BCUT2D eigenvalue weighted by Gasteiger charge is -2.45. The Hall–Kier alpha value is -1.12. The van der Waals surface area contributed by atoms with Crippen molar-refractivity contribution in [2.45, 2.75) is 24.9 Å². The van der Waals surface area contributed by atoms with Crippen LogP contribution < -0.4 is 0 Å². The summed E-state index contributed by atoms with van der Waals surface area (Å²) < 4.78 is 43.1. The number of likely N-dealkylation sites (tertiary alicyclic amines) is 1. The first-order valence-electron chi connectivity index (χ1n) is 7.45. The fraction of sp³-hybridized carbons (Fsp3) is 0.786. The number of piperidine rings is 1. The Balaban J connectivity index is 1.64. The van der Waals surface area contributed by atoms with E-state index in [9.17, 15) is 18.3 Å². The zero-order valence-electron chi connectivity index (χ0n) is 12.2. The standard InChI is InChI=1S/C14H20F3N3O2/c15-14(16,17)11-4-18-12(19-11)10-2-1-3-20(5-10)6-13(7-21)8-22-9-13/h4,10,21H,1-3,5-9H2,(H,18,19). The van der Waals surface area contributed by atoms with Crippen LogP contribution in [-0.2, 0) is 10.9 Å². The van der Waals surface area contributed by atoms with Crippen molar-refractivity contribution >= 4 is 0 Å². The molecule has 2 N–H and O–H groups in total. The molecule has 0 bridgehead atoms. The van der Waals surface area contributed by atoms with Crippen molar-refractivity contribution in [3.8, 4) is 0 Å². The quantitative estimate of drug-likeness (QED) is 0.885. The lowest BCUT2D eigenvalue weighted by Crippen LogP contribution is -2.54. The van der Waals surface area contributed by atoms with Gasteiger partial charge in [0, 0.05) is 19.0 Å². The lowest BCUT2D eigenvalue weighted by atomic mass is 9.85. The number of nitrogens with one attached hydrogen (secondary N) is 1. The molecule has 0 aliphatic carbocycles. The molecule has 0 amide bonds. The molecule has 1 atom stereocenters. The van der Waals surface area contributed by atoms with Crippen molar-refractivity contribution in [2.75, 3.05) is 39.5 Å². The molecule has 0 spiro atoms. The third-order valence-corrected chi connectivity index (χ3v) is 4.50. The largest absolute Gasteiger partial charge is 0.432 e. The van der Waals surface area contributed by atoms with E-state index in [4.69, 9.17) is 4.74 Å². The minimum absolute atomic E-state index is 0.0263. The predicted molar refractivity (Wildman–Crippen MR) is 72.3 cm³/mol. The Kier molecular flexibility index (Phi) is 4.17. The molecular formula is C14H20F3N3O2. The van der Waals surface area contributed by atoms with Crippen molar-refractivity contribution in [1.29, 1.82) is 0 Å². The van der Waals surface area contributed by atoms with E-state index in [0.29, 0.717) is 32.1 Å². The number of alkyl halides is 3. The molecule has 5 nitrogen and oxygen atoms in total. The summed E-state index contributed by atoms with van der Waals surface area (Å²) in [5.74, 6) is 0.376. The van der Waals surface area contributed by atoms with Crippen molar-refractivity contribution in [1.82, 2.24) is 14.9 Å². The Labute approximate surface area is 126 Å². The number of aliphatic hydroxyl groups is 1. The summed E-state index contributed by atoms with van der Waals surface area (Å²) in [5, 5.41) is 9.49. The number of halogens is 3. The van der Waals surface area contributed by atoms with Crippen molar-refractivity contribution < 1.29 is 23.0 Å². The highest BCUT2D eigenvalue weighted by Crippen LogP contribution is 2.33. The number of H-pyrrole nitrogens is 1. The Morgan fingerprint density at radius 1 is 1.45 bits per heavy atom. The maximum absolute atomic E-state index is 12.6. The monoisotopic (exact) mass is 319 g/mol. The summed E-state index contributed by atoms with van der Waals surface area (Å²) in [4.78, 5) is 8.52. The predicted octanol–water partition coefficient (Wildman–Crippen LogP) is 1.62. The summed E-state index contributed by atoms with van der Waals surface area (Å²) >= 11 is 0. The summed E-state index contributed by atoms with van der Waals surface area (Å²) in [6.45, 7) is 3.44. The van der Waals surface area contributed by atoms with Gasteiger partial charge in [0.05, 0.1) is 31.4 Å². The molecule has 3 rings (SSSR count). The van der Waals surface area contributed by atoms with Crippen LogP contribution in [0.5, 0.6) is 0 Å². The molecule has 8 heteroatoms. The topological polar surface area (TPSA) is 61.4 Å². The third kappa shape index (κ3) is 3.13. The van der Waals surface area contributed by atoms with Crippen LogP contribution in [0.4, 0.5) is 13.2 Å². The number of hydrogen-bond acceptors (Lipinski definition) is 4. The summed E-state index contributed by atoms with van der Waals surface area (Å²) in [5.41, 5.74) is -0.999. The van der Waals surface area contributed by atoms with Crippen molar-refractivity contribution in [3.63, 3.8) is 0 Å². The van der Waals surface area contributed by atoms with Crippen LogP contribution in [0.15, 0.2) is 6.20 Å². The number of aromatic nitrogens is 2. The SMILES string of the molecule is OCC1(CN2CCCC(c3ncc(C(F)(F)F)[nH]3)C2)COC1. The molecule has 22 heavy (non-hydrogen) atoms. The van der Waals surface area contributed by atoms with E-state index >= 15 is 0 Å². The van der Waals surface area contributed by atoms with E-state index < -0.39 is 11.9 Å². The van der Waals surface area contributed by atoms with Gasteiger partial charge in [-0.1, -0.05) is 0 Å². The van der Waals surface area contributed by atoms with Gasteiger partial charge in [0.15, 0.2) is 0 Å². The highest BCUT2D eigenvalue weighted by atomic mass is 19.4. The number of rotatable bonds is 4. The van der Waals surface area contributed by atoms with E-state index in [0.717, 1.165) is 25.6 Å². The Bertz CT molecular complexity index is 508. The molecule has 3 heterocycles. The Morgan fingerprint density at radius 2 is 2.23 bits per heavy atom. The number of imidazole rings is 1. The maximum Gasteiger partial charge on any atom is 0.432 e. The second kappa shape index (κ2) is 5.82. The average Bonchev–Trinajstić information content (AvgIpc) is 2.93. The second-order valence-electron chi connectivity index (χ2n) is 6.41. The highest BCUT2D eigenvalue weighted by molar-refractivity contribution is 5.10. The van der Waals surface area contributed by atoms with Gasteiger partial charge in [-0.15, -0.1) is 0 Å². The Morgan fingerprint density at radius 3 is 2.77 bits per heavy atom. The zero-order chi connectivity index (χ0) is 15.8. The molecule has 0 saturated carbocycles. The van der Waals surface area contributed by atoms with Crippen LogP contribution in [0.1, 0.15) is 30.3 Å². The molecule has 0 radical (unpaired) electrons. The third-order valence-electron chi connectivity index (χ3n) is 4.50. The zero-order valence-corrected chi connectivity index (χ0v) is 12.2. The van der Waals surface area contributed by atoms with E-state index in [1.807, 2.05) is 0 Å². The molecule has 2 fully saturated rings. The number of aliphatic hydroxyl groups excluding tert-OH is 1. The average molecular weight is 319 g/mol. The van der Waals surface area contributed by atoms with Gasteiger partial charge in [0.1, 0.15) is 11.5 Å². The molecule has 1 aromatic rings. The lowest BCUT2D eigenvalue weighted by molar-refractivity contribution is -0.150. The van der Waals surface area contributed by atoms with Gasteiger partial charge in [-0.2, -0.15) is 13.2 Å². The molecule has 0 aromatic carbocycles. The van der Waals surface area contributed by atoms with Gasteiger partial charge in [-0.05, 0) is 19.4 Å². The first-order valence-corrected chi connectivity index (χ1v) is 7.45. The fourth-order valence-corrected chi connectivity index (χ4v) is 3.21. The number of ether oxygens (including phenoxy) is 1. The van der Waals surface area contributed by atoms with Gasteiger partial charge >= 0.3 is 6.18 Å². The van der Waals surface area contributed by atoms with Crippen LogP contribution >= 0.6 is 0 Å². The number of hydrogen-bond donors (Lipinski definition) is 2. The van der Waals surface area contributed by atoms with Crippen LogP contribution in [0.2, 0.25) is 0 Å². The smallest absolute Gasteiger partial charge is 0.396 e. The van der Waals surface area contributed by atoms with Crippen LogP contribution in [0.25, 0.3) is 0 Å². The minimum atomic E-state index is -4.39. The van der Waals surface area contributed by atoms with E-state index in [1.54, 1.807) is 0 Å². The van der Waals surface area contributed by atoms with Gasteiger partial charge < -0.3 is 19.7 Å². The molecule has 1 aromatic heterocycles. The normalized spacial score (nSPS) is 25.9. The minimum Gasteiger partial charge on any atom is -0.396 e. The van der Waals surface area contributed by atoms with Gasteiger partial charge in [-0.25, -0.2) is 4.98 Å². The van der Waals surface area contributed by atoms with Crippen LogP contribution in [-0.4, -0.2) is 59.4 Å². The highest BCUT2D eigenvalue weighted by Gasteiger charge is 2.41. The van der Waals surface area contributed by atoms with E-state index in [-0.39, 0.29) is 17.9 Å². The number of aromatic amines is 1. The summed E-state index contributed by atoms with van der Waals surface area (Å²) in [6, 6.07) is 0. The molecule has 2 saturated heterocycles. The molecular weight excluding hydrogens is 299 g/mol. The van der Waals surface area contributed by atoms with E-state index in [1.165, 1.54) is 0 Å². The molecule has 2 aliphatic rings. The van der Waals surface area contributed by atoms with Crippen LogP contribution in [0.3, 0.4) is 0 Å². The molecule has 1 unspecified atom stereocenters. The van der Waals surface area contributed by atoms with Crippen molar-refractivity contribution in [3.05, 3.63) is 17.7 Å². The summed E-state index contributed by atoms with van der Waals surface area (Å²) in [6.07, 6.45) is -1.79. The fourth-order valence-electron chi connectivity index (χ4n) is 3.21. The summed E-state index contributed by atoms with van der Waals surface area (Å²) in [7, 11) is 0. The van der Waals surface area contributed by atoms with Gasteiger partial charge in [-0.3, -0.25) is 0 Å². The maximum atomic E-state index is 12.6.